The van der Waals surface area contributed by atoms with E-state index in [1.807, 2.05) is 0 Å². The molecule has 0 bridgehead atoms. The highest BCUT2D eigenvalue weighted by atomic mass is 16.5. The molecule has 2 amide bonds. The van der Waals surface area contributed by atoms with E-state index in [2.05, 4.69) is 10.6 Å². The molecule has 0 aromatic heterocycles. The topological polar surface area (TPSA) is 105 Å². The summed E-state index contributed by atoms with van der Waals surface area (Å²) in [5, 5.41) is 14.2. The molecule has 0 radical (unpaired) electrons. The van der Waals surface area contributed by atoms with Crippen molar-refractivity contribution in [3.05, 3.63) is 35.4 Å². The average molecular weight is 334 g/mol. The maximum Gasteiger partial charge on any atom is 0.326 e. The van der Waals surface area contributed by atoms with E-state index >= 15 is 0 Å². The molecule has 0 spiro atoms. The second-order valence-electron chi connectivity index (χ2n) is 5.69. The fraction of sp³-hybridized carbons (Fsp3) is 0.471. The Morgan fingerprint density at radius 2 is 2.00 bits per heavy atom. The summed E-state index contributed by atoms with van der Waals surface area (Å²) in [6.07, 6.45) is 1.59. The maximum atomic E-state index is 12.0. The van der Waals surface area contributed by atoms with Crippen molar-refractivity contribution < 1.29 is 24.2 Å². The lowest BCUT2D eigenvalue weighted by atomic mass is 10.1. The molecular formula is C17H22N2O5. The Kier molecular flexibility index (Phi) is 6.31. The van der Waals surface area contributed by atoms with Crippen LogP contribution in [-0.4, -0.2) is 41.6 Å². The smallest absolute Gasteiger partial charge is 0.326 e. The monoisotopic (exact) mass is 334 g/mol. The highest BCUT2D eigenvalue weighted by Crippen LogP contribution is 2.12. The fourth-order valence-electron chi connectivity index (χ4n) is 2.44. The van der Waals surface area contributed by atoms with Crippen molar-refractivity contribution in [2.45, 2.75) is 44.9 Å². The molecule has 7 nitrogen and oxygen atoms in total. The lowest BCUT2D eigenvalue weighted by Gasteiger charge is -2.13. The number of aliphatic carboxylic acids is 1. The van der Waals surface area contributed by atoms with Gasteiger partial charge in [0.05, 0.1) is 0 Å². The van der Waals surface area contributed by atoms with E-state index in [0.29, 0.717) is 25.1 Å². The van der Waals surface area contributed by atoms with Gasteiger partial charge in [0.2, 0.25) is 5.91 Å². The Balaban J connectivity index is 1.86. The molecule has 1 aliphatic rings. The second kappa shape index (κ2) is 8.44. The zero-order valence-corrected chi connectivity index (χ0v) is 13.6. The van der Waals surface area contributed by atoms with Crippen molar-refractivity contribution in [1.82, 2.24) is 10.6 Å². The number of rotatable bonds is 7. The number of benzene rings is 1. The van der Waals surface area contributed by atoms with Crippen LogP contribution in [0.15, 0.2) is 24.3 Å². The van der Waals surface area contributed by atoms with Gasteiger partial charge in [0, 0.05) is 18.7 Å². The van der Waals surface area contributed by atoms with E-state index in [1.165, 1.54) is 0 Å². The van der Waals surface area contributed by atoms with Crippen LogP contribution in [0.5, 0.6) is 0 Å². The highest BCUT2D eigenvalue weighted by Gasteiger charge is 2.23. The molecule has 1 fully saturated rings. The van der Waals surface area contributed by atoms with Crippen LogP contribution in [0.25, 0.3) is 0 Å². The quantitative estimate of drug-likeness (QED) is 0.692. The largest absolute Gasteiger partial charge is 0.480 e. The van der Waals surface area contributed by atoms with Gasteiger partial charge in [0.25, 0.3) is 5.91 Å². The zero-order chi connectivity index (χ0) is 17.5. The van der Waals surface area contributed by atoms with Gasteiger partial charge in [-0.3, -0.25) is 9.59 Å². The van der Waals surface area contributed by atoms with Gasteiger partial charge in [-0.1, -0.05) is 19.1 Å². The van der Waals surface area contributed by atoms with Crippen LogP contribution < -0.4 is 10.6 Å². The highest BCUT2D eigenvalue weighted by molar-refractivity contribution is 5.96. The Labute approximate surface area is 140 Å². The molecule has 0 saturated carbocycles. The molecule has 0 unspecified atom stereocenters. The third-order valence-electron chi connectivity index (χ3n) is 3.92. The summed E-state index contributed by atoms with van der Waals surface area (Å²) in [4.78, 5) is 34.8. The van der Waals surface area contributed by atoms with Crippen LogP contribution in [-0.2, 0) is 20.9 Å². The molecule has 0 aliphatic carbocycles. The first-order chi connectivity index (χ1) is 11.5. The third-order valence-corrected chi connectivity index (χ3v) is 3.92. The van der Waals surface area contributed by atoms with Crippen molar-refractivity contribution in [1.29, 1.82) is 0 Å². The predicted octanol–water partition coefficient (Wildman–Crippen LogP) is 1.07. The molecule has 2 atom stereocenters. The van der Waals surface area contributed by atoms with Crippen LogP contribution in [0.3, 0.4) is 0 Å². The van der Waals surface area contributed by atoms with Gasteiger partial charge in [0.15, 0.2) is 0 Å². The predicted molar refractivity (Wildman–Crippen MR) is 86.4 cm³/mol. The van der Waals surface area contributed by atoms with E-state index in [0.717, 1.165) is 18.4 Å². The molecule has 2 rings (SSSR count). The summed E-state index contributed by atoms with van der Waals surface area (Å²) in [6, 6.07) is 5.77. The van der Waals surface area contributed by atoms with Gasteiger partial charge in [-0.15, -0.1) is 0 Å². The molecule has 1 aromatic rings. The van der Waals surface area contributed by atoms with Gasteiger partial charge < -0.3 is 20.5 Å². The average Bonchev–Trinajstić information content (AvgIpc) is 3.12. The van der Waals surface area contributed by atoms with Crippen LogP contribution in [0, 0.1) is 0 Å². The molecule has 3 N–H and O–H groups in total. The minimum atomic E-state index is -1.06. The molecule has 1 aromatic carbocycles. The van der Waals surface area contributed by atoms with Crippen molar-refractivity contribution in [2.24, 2.45) is 0 Å². The minimum Gasteiger partial charge on any atom is -0.480 e. The van der Waals surface area contributed by atoms with Gasteiger partial charge in [-0.25, -0.2) is 4.79 Å². The summed E-state index contributed by atoms with van der Waals surface area (Å²) in [5.41, 5.74) is 1.23. The molecule has 7 heteroatoms. The summed E-state index contributed by atoms with van der Waals surface area (Å²) in [5.74, 6) is -1.61. The third kappa shape index (κ3) is 4.79. The van der Waals surface area contributed by atoms with E-state index in [9.17, 15) is 14.4 Å². The number of carbonyl (C=O) groups is 3. The number of carboxylic acid groups (broad SMARTS) is 1. The van der Waals surface area contributed by atoms with Crippen LogP contribution in [0.4, 0.5) is 0 Å². The van der Waals surface area contributed by atoms with Crippen molar-refractivity contribution in [3.63, 3.8) is 0 Å². The Morgan fingerprint density at radius 3 is 2.54 bits per heavy atom. The standard InChI is InChI=1S/C17H22N2O5/c1-2-13(17(22)23)19-15(20)12-7-5-11(6-8-12)10-18-16(21)14-4-3-9-24-14/h5-8,13-14H,2-4,9-10H2,1H3,(H,18,21)(H,19,20)(H,22,23)/t13-,14+/m0/s1. The van der Waals surface area contributed by atoms with Gasteiger partial charge in [0.1, 0.15) is 12.1 Å². The first-order valence-electron chi connectivity index (χ1n) is 8.03. The minimum absolute atomic E-state index is 0.124. The fourth-order valence-corrected chi connectivity index (χ4v) is 2.44. The lowest BCUT2D eigenvalue weighted by Crippen LogP contribution is -2.40. The van der Waals surface area contributed by atoms with E-state index in [4.69, 9.17) is 9.84 Å². The number of carbonyl (C=O) groups excluding carboxylic acids is 2. The summed E-state index contributed by atoms with van der Waals surface area (Å²) >= 11 is 0. The Morgan fingerprint density at radius 1 is 1.29 bits per heavy atom. The van der Waals surface area contributed by atoms with Crippen LogP contribution in [0.1, 0.15) is 42.1 Å². The van der Waals surface area contributed by atoms with E-state index in [1.54, 1.807) is 31.2 Å². The van der Waals surface area contributed by atoms with Gasteiger partial charge in [-0.2, -0.15) is 0 Å². The first-order valence-corrected chi connectivity index (χ1v) is 8.03. The SMILES string of the molecule is CC[C@H](NC(=O)c1ccc(CNC(=O)[C@H]2CCCO2)cc1)C(=O)O. The Bertz CT molecular complexity index is 594. The zero-order valence-electron chi connectivity index (χ0n) is 13.6. The number of carboxylic acids is 1. The Hall–Kier alpha value is -2.41. The molecule has 1 aliphatic heterocycles. The molecule has 1 heterocycles. The number of amides is 2. The summed E-state index contributed by atoms with van der Waals surface area (Å²) < 4.78 is 5.31. The molecule has 130 valence electrons. The number of hydrogen-bond donors (Lipinski definition) is 3. The maximum absolute atomic E-state index is 12.0. The van der Waals surface area contributed by atoms with Gasteiger partial charge in [-0.05, 0) is 37.0 Å². The van der Waals surface area contributed by atoms with E-state index < -0.39 is 17.9 Å². The van der Waals surface area contributed by atoms with Crippen LogP contribution >= 0.6 is 0 Å². The second-order valence-corrected chi connectivity index (χ2v) is 5.69. The normalized spacial score (nSPS) is 18.0. The number of ether oxygens (including phenoxy) is 1. The van der Waals surface area contributed by atoms with Crippen molar-refractivity contribution >= 4 is 17.8 Å². The van der Waals surface area contributed by atoms with Crippen molar-refractivity contribution in [3.8, 4) is 0 Å². The molecule has 1 saturated heterocycles. The van der Waals surface area contributed by atoms with E-state index in [-0.39, 0.29) is 12.0 Å². The molecular weight excluding hydrogens is 312 g/mol. The summed E-state index contributed by atoms with van der Waals surface area (Å²) in [6.45, 7) is 2.67. The summed E-state index contributed by atoms with van der Waals surface area (Å²) in [7, 11) is 0. The number of nitrogens with one attached hydrogen (secondary N) is 2. The van der Waals surface area contributed by atoms with Gasteiger partial charge >= 0.3 is 5.97 Å². The van der Waals surface area contributed by atoms with Crippen molar-refractivity contribution in [2.75, 3.05) is 6.61 Å². The lowest BCUT2D eigenvalue weighted by molar-refractivity contribution is -0.139. The number of hydrogen-bond acceptors (Lipinski definition) is 4. The van der Waals surface area contributed by atoms with Crippen LogP contribution in [0.2, 0.25) is 0 Å². The molecule has 24 heavy (non-hydrogen) atoms. The first kappa shape index (κ1) is 17.9.